The summed E-state index contributed by atoms with van der Waals surface area (Å²) in [6.07, 6.45) is 0. The van der Waals surface area contributed by atoms with Crippen LogP contribution in [0.1, 0.15) is 15.9 Å². The van der Waals surface area contributed by atoms with Gasteiger partial charge in [-0.2, -0.15) is 0 Å². The lowest BCUT2D eigenvalue weighted by molar-refractivity contribution is -0.133. The van der Waals surface area contributed by atoms with Crippen LogP contribution in [-0.2, 0) is 16.1 Å². The normalized spacial score (nSPS) is 10.5. The lowest BCUT2D eigenvalue weighted by Crippen LogP contribution is -2.30. The number of hydrogen-bond acceptors (Lipinski definition) is 4. The summed E-state index contributed by atoms with van der Waals surface area (Å²) in [5.41, 5.74) is 2.55. The lowest BCUT2D eigenvalue weighted by atomic mass is 10.1. The van der Waals surface area contributed by atoms with Gasteiger partial charge >= 0.3 is 5.97 Å². The minimum absolute atomic E-state index is 0.245. The summed E-state index contributed by atoms with van der Waals surface area (Å²) < 4.78 is 5.21. The first-order valence-corrected chi connectivity index (χ1v) is 9.10. The van der Waals surface area contributed by atoms with E-state index in [4.69, 9.17) is 4.74 Å². The molecule has 0 aliphatic carbocycles. The summed E-state index contributed by atoms with van der Waals surface area (Å²) in [5.74, 6) is -0.742. The Morgan fingerprint density at radius 3 is 2.21 bits per heavy atom. The van der Waals surface area contributed by atoms with Crippen molar-refractivity contribution in [2.24, 2.45) is 0 Å². The molecule has 0 atom stereocenters. The maximum atomic E-state index is 12.3. The first kappa shape index (κ1) is 19.4. The number of hydrogen-bond donors (Lipinski definition) is 0. The SMILES string of the molecule is CN(Cc1ccc(N(C)C)cc1)C(=O)COC(=O)c1ccc2ccccc2c1. The molecular weight excluding hydrogens is 352 g/mol. The van der Waals surface area contributed by atoms with Crippen LogP contribution in [0.5, 0.6) is 0 Å². The maximum absolute atomic E-state index is 12.3. The van der Waals surface area contributed by atoms with Gasteiger partial charge in [-0.3, -0.25) is 4.79 Å². The Morgan fingerprint density at radius 2 is 1.54 bits per heavy atom. The molecule has 0 aliphatic heterocycles. The van der Waals surface area contributed by atoms with E-state index in [2.05, 4.69) is 0 Å². The summed E-state index contributed by atoms with van der Waals surface area (Å²) in [6, 6.07) is 21.1. The second-order valence-electron chi connectivity index (χ2n) is 6.95. The molecule has 0 unspecified atom stereocenters. The number of amides is 1. The van der Waals surface area contributed by atoms with Crippen LogP contribution in [0.4, 0.5) is 5.69 Å². The van der Waals surface area contributed by atoms with Gasteiger partial charge in [-0.1, -0.05) is 42.5 Å². The Kier molecular flexibility index (Phi) is 5.94. The second kappa shape index (κ2) is 8.57. The fourth-order valence-corrected chi connectivity index (χ4v) is 2.90. The van der Waals surface area contributed by atoms with Gasteiger partial charge in [-0.25, -0.2) is 4.79 Å². The number of nitrogens with zero attached hydrogens (tertiary/aromatic N) is 2. The minimum atomic E-state index is -0.497. The maximum Gasteiger partial charge on any atom is 0.338 e. The van der Waals surface area contributed by atoms with E-state index in [0.717, 1.165) is 22.0 Å². The van der Waals surface area contributed by atoms with E-state index in [1.807, 2.05) is 73.6 Å². The molecule has 3 rings (SSSR count). The molecule has 5 heteroatoms. The van der Waals surface area contributed by atoms with Gasteiger partial charge < -0.3 is 14.5 Å². The van der Waals surface area contributed by atoms with Crippen LogP contribution in [0.2, 0.25) is 0 Å². The highest BCUT2D eigenvalue weighted by Crippen LogP contribution is 2.16. The van der Waals surface area contributed by atoms with E-state index in [9.17, 15) is 9.59 Å². The van der Waals surface area contributed by atoms with Crippen LogP contribution in [0.25, 0.3) is 10.8 Å². The third kappa shape index (κ3) is 4.68. The number of anilines is 1. The first-order chi connectivity index (χ1) is 13.4. The summed E-state index contributed by atoms with van der Waals surface area (Å²) in [6.45, 7) is 0.179. The molecule has 3 aromatic rings. The highest BCUT2D eigenvalue weighted by molar-refractivity contribution is 5.96. The van der Waals surface area contributed by atoms with Crippen molar-refractivity contribution >= 4 is 28.3 Å². The largest absolute Gasteiger partial charge is 0.452 e. The second-order valence-corrected chi connectivity index (χ2v) is 6.95. The molecule has 5 nitrogen and oxygen atoms in total. The molecule has 0 fully saturated rings. The van der Waals surface area contributed by atoms with Gasteiger partial charge in [0.25, 0.3) is 5.91 Å². The quantitative estimate of drug-likeness (QED) is 0.615. The zero-order valence-electron chi connectivity index (χ0n) is 16.4. The van der Waals surface area contributed by atoms with Crippen LogP contribution >= 0.6 is 0 Å². The number of benzene rings is 3. The predicted molar refractivity (Wildman–Crippen MR) is 111 cm³/mol. The molecule has 0 aromatic heterocycles. The predicted octanol–water partition coefficient (Wildman–Crippen LogP) is 3.72. The zero-order chi connectivity index (χ0) is 20.1. The smallest absolute Gasteiger partial charge is 0.338 e. The first-order valence-electron chi connectivity index (χ1n) is 9.10. The highest BCUT2D eigenvalue weighted by atomic mass is 16.5. The van der Waals surface area contributed by atoms with Crippen LogP contribution < -0.4 is 4.90 Å². The van der Waals surface area contributed by atoms with E-state index in [-0.39, 0.29) is 12.5 Å². The fourth-order valence-electron chi connectivity index (χ4n) is 2.90. The molecule has 0 saturated heterocycles. The lowest BCUT2D eigenvalue weighted by Gasteiger charge is -2.18. The number of carbonyl (C=O) groups excluding carboxylic acids is 2. The third-order valence-corrected chi connectivity index (χ3v) is 4.61. The number of esters is 1. The number of rotatable bonds is 6. The van der Waals surface area contributed by atoms with Crippen LogP contribution in [0, 0.1) is 0 Å². The summed E-state index contributed by atoms with van der Waals surface area (Å²) in [4.78, 5) is 28.2. The molecule has 0 bridgehead atoms. The van der Waals surface area contributed by atoms with Gasteiger partial charge in [0, 0.05) is 33.4 Å². The van der Waals surface area contributed by atoms with Crippen molar-refractivity contribution in [2.45, 2.75) is 6.54 Å². The molecule has 0 aliphatic rings. The van der Waals surface area contributed by atoms with Crippen molar-refractivity contribution in [1.82, 2.24) is 4.90 Å². The molecule has 0 spiro atoms. The van der Waals surface area contributed by atoms with Crippen molar-refractivity contribution < 1.29 is 14.3 Å². The van der Waals surface area contributed by atoms with E-state index >= 15 is 0 Å². The Labute approximate surface area is 165 Å². The molecule has 1 amide bonds. The molecule has 28 heavy (non-hydrogen) atoms. The minimum Gasteiger partial charge on any atom is -0.452 e. The average molecular weight is 376 g/mol. The van der Waals surface area contributed by atoms with Gasteiger partial charge in [0.15, 0.2) is 6.61 Å². The van der Waals surface area contributed by atoms with Gasteiger partial charge in [0.2, 0.25) is 0 Å². The van der Waals surface area contributed by atoms with Crippen LogP contribution in [0.3, 0.4) is 0 Å². The Bertz CT molecular complexity index is 981. The van der Waals surface area contributed by atoms with Gasteiger partial charge in [0.05, 0.1) is 5.56 Å². The molecule has 0 saturated carbocycles. The van der Waals surface area contributed by atoms with E-state index in [0.29, 0.717) is 12.1 Å². The number of carbonyl (C=O) groups is 2. The van der Waals surface area contributed by atoms with E-state index < -0.39 is 5.97 Å². The van der Waals surface area contributed by atoms with E-state index in [1.54, 1.807) is 24.1 Å². The van der Waals surface area contributed by atoms with Crippen LogP contribution in [0.15, 0.2) is 66.7 Å². The third-order valence-electron chi connectivity index (χ3n) is 4.61. The fraction of sp³-hybridized carbons (Fsp3) is 0.217. The average Bonchev–Trinajstić information content (AvgIpc) is 2.71. The molecular formula is C23H24N2O3. The Morgan fingerprint density at radius 1 is 0.857 bits per heavy atom. The van der Waals surface area contributed by atoms with Crippen molar-refractivity contribution in [1.29, 1.82) is 0 Å². The van der Waals surface area contributed by atoms with Gasteiger partial charge in [-0.15, -0.1) is 0 Å². The van der Waals surface area contributed by atoms with Crippen LogP contribution in [-0.4, -0.2) is 44.5 Å². The zero-order valence-corrected chi connectivity index (χ0v) is 16.4. The number of fused-ring (bicyclic) bond motifs is 1. The van der Waals surface area contributed by atoms with Crippen molar-refractivity contribution in [3.05, 3.63) is 77.9 Å². The molecule has 144 valence electrons. The molecule has 0 N–H and O–H groups in total. The van der Waals surface area contributed by atoms with Gasteiger partial charge in [-0.05, 0) is 40.6 Å². The monoisotopic (exact) mass is 376 g/mol. The summed E-state index contributed by atoms with van der Waals surface area (Å²) in [7, 11) is 5.66. The summed E-state index contributed by atoms with van der Waals surface area (Å²) in [5, 5.41) is 2.01. The standard InChI is InChI=1S/C23H24N2O3/c1-24(2)21-12-8-17(9-13-21)15-25(3)22(26)16-28-23(27)20-11-10-18-6-4-5-7-19(18)14-20/h4-14H,15-16H2,1-3H3. The number of ether oxygens (including phenoxy) is 1. The highest BCUT2D eigenvalue weighted by Gasteiger charge is 2.14. The molecule has 0 radical (unpaired) electrons. The Balaban J connectivity index is 1.55. The van der Waals surface area contributed by atoms with Gasteiger partial charge in [0.1, 0.15) is 0 Å². The molecule has 3 aromatic carbocycles. The topological polar surface area (TPSA) is 49.9 Å². The summed E-state index contributed by atoms with van der Waals surface area (Å²) >= 11 is 0. The van der Waals surface area contributed by atoms with Crippen molar-refractivity contribution in [3.63, 3.8) is 0 Å². The Hall–Kier alpha value is -3.34. The van der Waals surface area contributed by atoms with Crippen molar-refractivity contribution in [3.8, 4) is 0 Å². The van der Waals surface area contributed by atoms with E-state index in [1.165, 1.54) is 0 Å². The molecule has 0 heterocycles. The van der Waals surface area contributed by atoms with Crippen molar-refractivity contribution in [2.75, 3.05) is 32.6 Å². The number of likely N-dealkylation sites (N-methyl/N-ethyl adjacent to an activating group) is 1.